The Labute approximate surface area is 186 Å². The Hall–Kier alpha value is -3.04. The number of hydrogen-bond donors (Lipinski definition) is 0. The van der Waals surface area contributed by atoms with Crippen LogP contribution in [0.5, 0.6) is 11.5 Å². The minimum absolute atomic E-state index is 0.143. The predicted molar refractivity (Wildman–Crippen MR) is 109 cm³/mol. The molecule has 0 aliphatic carbocycles. The van der Waals surface area contributed by atoms with Gasteiger partial charge in [0.15, 0.2) is 0 Å². The molecule has 0 atom stereocenters. The molecule has 0 saturated heterocycles. The Bertz CT molecular complexity index is 836. The maximum absolute atomic E-state index is 14.0. The number of hydrogen-bond acceptors (Lipinski definition) is 2. The normalized spacial score (nSPS) is 11.8. The average Bonchev–Trinajstić information content (AvgIpc) is 2.72. The van der Waals surface area contributed by atoms with Gasteiger partial charge in [-0.1, -0.05) is 51.3 Å². The average molecular weight is 482 g/mol. The fourth-order valence-corrected chi connectivity index (χ4v) is 2.91. The first-order chi connectivity index (χ1) is 15.3. The first-order valence-electron chi connectivity index (χ1n) is 9.55. The Morgan fingerprint density at radius 3 is 1.12 bits per heavy atom. The first kappa shape index (κ1) is 28.0. The number of halogens is 8. The van der Waals surface area contributed by atoms with Crippen molar-refractivity contribution >= 4 is 0 Å². The number of ether oxygens (including phenoxy) is 2. The van der Waals surface area contributed by atoms with Gasteiger partial charge in [-0.25, -0.2) is 8.78 Å². The maximum Gasteiger partial charge on any atom is 0.411 e. The largest absolute Gasteiger partial charge is 0.487 e. The summed E-state index contributed by atoms with van der Waals surface area (Å²) in [6.45, 7) is 8.67. The quantitative estimate of drug-likeness (QED) is 0.357. The molecule has 2 rings (SSSR count). The second-order valence-corrected chi connectivity index (χ2v) is 6.41. The lowest BCUT2D eigenvalue weighted by Gasteiger charge is -2.38. The van der Waals surface area contributed by atoms with Crippen LogP contribution >= 0.6 is 0 Å². The molecule has 0 aliphatic heterocycles. The molecule has 2 aromatic carbocycles. The highest BCUT2D eigenvalue weighted by Gasteiger charge is 2.72. The van der Waals surface area contributed by atoms with Crippen LogP contribution in [-0.2, 0) is 5.41 Å². The van der Waals surface area contributed by atoms with Crippen LogP contribution in [0.15, 0.2) is 73.3 Å². The van der Waals surface area contributed by atoms with E-state index < -0.39 is 53.8 Å². The summed E-state index contributed by atoms with van der Waals surface area (Å²) in [4.78, 5) is 0. The van der Waals surface area contributed by atoms with Gasteiger partial charge in [-0.2, -0.15) is 26.3 Å². The SMILES string of the molecule is C=C(F)COc1ccc(C(c2ccc(OCC(=C)F)cc2)(C(F)(F)F)C(F)(F)F)cc1.CC. The summed E-state index contributed by atoms with van der Waals surface area (Å²) in [5, 5.41) is 0. The molecule has 0 radical (unpaired) electrons. The van der Waals surface area contributed by atoms with Crippen molar-refractivity contribution in [1.82, 2.24) is 0 Å². The molecular weight excluding hydrogens is 460 g/mol. The topological polar surface area (TPSA) is 18.5 Å². The van der Waals surface area contributed by atoms with Gasteiger partial charge in [-0.15, -0.1) is 0 Å². The van der Waals surface area contributed by atoms with Gasteiger partial charge in [0.25, 0.3) is 0 Å². The lowest BCUT2D eigenvalue weighted by atomic mass is 9.73. The van der Waals surface area contributed by atoms with Gasteiger partial charge < -0.3 is 9.47 Å². The molecule has 2 nitrogen and oxygen atoms in total. The highest BCUT2D eigenvalue weighted by molar-refractivity contribution is 5.47. The maximum atomic E-state index is 14.0. The van der Waals surface area contributed by atoms with Crippen LogP contribution in [0.25, 0.3) is 0 Å². The van der Waals surface area contributed by atoms with Crippen LogP contribution in [-0.4, -0.2) is 25.6 Å². The molecule has 182 valence electrons. The zero-order valence-electron chi connectivity index (χ0n) is 17.8. The number of alkyl halides is 6. The van der Waals surface area contributed by atoms with E-state index in [1.54, 1.807) is 0 Å². The summed E-state index contributed by atoms with van der Waals surface area (Å²) in [7, 11) is 0. The Morgan fingerprint density at radius 1 is 0.636 bits per heavy atom. The molecule has 0 bridgehead atoms. The third-order valence-electron chi connectivity index (χ3n) is 4.22. The van der Waals surface area contributed by atoms with E-state index in [0.29, 0.717) is 24.3 Å². The van der Waals surface area contributed by atoms with Crippen molar-refractivity contribution in [2.45, 2.75) is 31.6 Å². The van der Waals surface area contributed by atoms with Gasteiger partial charge >= 0.3 is 12.4 Å². The fraction of sp³-hybridized carbons (Fsp3) is 0.304. The Kier molecular flexibility index (Phi) is 9.50. The molecule has 0 aliphatic rings. The number of rotatable bonds is 8. The third kappa shape index (κ3) is 6.49. The van der Waals surface area contributed by atoms with Gasteiger partial charge in [0.2, 0.25) is 5.41 Å². The summed E-state index contributed by atoms with van der Waals surface area (Å²) in [5.74, 6) is -2.03. The zero-order chi connectivity index (χ0) is 25.4. The van der Waals surface area contributed by atoms with E-state index in [-0.39, 0.29) is 11.5 Å². The molecule has 0 saturated carbocycles. The lowest BCUT2D eigenvalue weighted by molar-refractivity contribution is -0.288. The summed E-state index contributed by atoms with van der Waals surface area (Å²) in [5.41, 5.74) is -6.61. The van der Waals surface area contributed by atoms with E-state index in [1.165, 1.54) is 0 Å². The van der Waals surface area contributed by atoms with Crippen LogP contribution in [0.3, 0.4) is 0 Å². The Morgan fingerprint density at radius 2 is 0.909 bits per heavy atom. The van der Waals surface area contributed by atoms with Crippen LogP contribution in [0.1, 0.15) is 25.0 Å². The second-order valence-electron chi connectivity index (χ2n) is 6.41. The molecule has 0 spiro atoms. The van der Waals surface area contributed by atoms with Crippen molar-refractivity contribution in [3.05, 3.63) is 84.5 Å². The molecule has 0 heterocycles. The van der Waals surface area contributed by atoms with E-state index in [4.69, 9.17) is 9.47 Å². The van der Waals surface area contributed by atoms with Crippen molar-refractivity contribution in [2.24, 2.45) is 0 Å². The van der Waals surface area contributed by atoms with E-state index in [2.05, 4.69) is 13.2 Å². The van der Waals surface area contributed by atoms with Crippen LogP contribution in [0.4, 0.5) is 35.1 Å². The van der Waals surface area contributed by atoms with Gasteiger partial charge in [0.1, 0.15) is 36.4 Å². The first-order valence-corrected chi connectivity index (χ1v) is 9.55. The highest BCUT2D eigenvalue weighted by Crippen LogP contribution is 2.56. The molecule has 0 amide bonds. The molecule has 0 aromatic heterocycles. The van der Waals surface area contributed by atoms with E-state index in [0.717, 1.165) is 24.3 Å². The molecular formula is C23H22F8O2. The second kappa shape index (κ2) is 11.2. The fourth-order valence-electron chi connectivity index (χ4n) is 2.91. The summed E-state index contributed by atoms with van der Waals surface area (Å²) in [6, 6.07) is 5.90. The van der Waals surface area contributed by atoms with Gasteiger partial charge in [0, 0.05) is 0 Å². The summed E-state index contributed by atoms with van der Waals surface area (Å²) < 4.78 is 119. The van der Waals surface area contributed by atoms with E-state index in [1.807, 2.05) is 13.8 Å². The lowest BCUT2D eigenvalue weighted by Crippen LogP contribution is -2.54. The number of benzene rings is 2. The highest BCUT2D eigenvalue weighted by atomic mass is 19.4. The van der Waals surface area contributed by atoms with Gasteiger partial charge in [-0.3, -0.25) is 0 Å². The van der Waals surface area contributed by atoms with E-state index in [9.17, 15) is 35.1 Å². The summed E-state index contributed by atoms with van der Waals surface area (Å²) in [6.07, 6.45) is -11.6. The predicted octanol–water partition coefficient (Wildman–Crippen LogP) is 7.85. The minimum atomic E-state index is -5.78. The third-order valence-corrected chi connectivity index (χ3v) is 4.22. The molecule has 0 unspecified atom stereocenters. The zero-order valence-corrected chi connectivity index (χ0v) is 17.8. The molecule has 0 N–H and O–H groups in total. The van der Waals surface area contributed by atoms with Crippen LogP contribution in [0, 0.1) is 0 Å². The molecule has 33 heavy (non-hydrogen) atoms. The van der Waals surface area contributed by atoms with Gasteiger partial charge in [-0.05, 0) is 35.4 Å². The van der Waals surface area contributed by atoms with Crippen molar-refractivity contribution in [1.29, 1.82) is 0 Å². The molecule has 10 heteroatoms. The standard InChI is InChI=1S/C21H16F8O2.C2H6/c1-13(22)11-30-17-7-3-15(4-8-17)19(20(24,25)26,21(27,28)29)16-5-9-18(10-6-16)31-12-14(2)23;1-2/h3-10H,1-2,11-12H2;1-2H3. The Balaban J connectivity index is 0.00000265. The van der Waals surface area contributed by atoms with Gasteiger partial charge in [0.05, 0.1) is 0 Å². The van der Waals surface area contributed by atoms with E-state index >= 15 is 0 Å². The monoisotopic (exact) mass is 482 g/mol. The van der Waals surface area contributed by atoms with Crippen molar-refractivity contribution in [3.63, 3.8) is 0 Å². The van der Waals surface area contributed by atoms with Crippen molar-refractivity contribution < 1.29 is 44.6 Å². The minimum Gasteiger partial charge on any atom is -0.487 e. The van der Waals surface area contributed by atoms with Crippen LogP contribution < -0.4 is 9.47 Å². The summed E-state index contributed by atoms with van der Waals surface area (Å²) >= 11 is 0. The van der Waals surface area contributed by atoms with Crippen LogP contribution in [0.2, 0.25) is 0 Å². The molecule has 2 aromatic rings. The van der Waals surface area contributed by atoms with Crippen molar-refractivity contribution in [3.8, 4) is 11.5 Å². The smallest absolute Gasteiger partial charge is 0.411 e. The molecule has 0 fully saturated rings. The van der Waals surface area contributed by atoms with Crippen molar-refractivity contribution in [2.75, 3.05) is 13.2 Å².